The van der Waals surface area contributed by atoms with Crippen LogP contribution in [0.2, 0.25) is 5.02 Å². The van der Waals surface area contributed by atoms with Gasteiger partial charge < -0.3 is 5.73 Å². The number of ketones is 1. The van der Waals surface area contributed by atoms with Gasteiger partial charge in [0.1, 0.15) is 5.69 Å². The number of carbonyl (C=O) groups is 1. The fraction of sp³-hybridized carbons (Fsp3) is 0.500. The molecule has 4 nitrogen and oxygen atoms in total. The number of hydrogen-bond acceptors (Lipinski definition) is 3. The van der Waals surface area contributed by atoms with Gasteiger partial charge in [-0.1, -0.05) is 18.5 Å². The minimum absolute atomic E-state index is 0.160. The lowest BCUT2D eigenvalue weighted by Gasteiger charge is -2.07. The van der Waals surface area contributed by atoms with E-state index < -0.39 is 6.04 Å². The van der Waals surface area contributed by atoms with Crippen molar-refractivity contribution >= 4 is 17.4 Å². The number of rotatable bonds is 3. The van der Waals surface area contributed by atoms with Crippen molar-refractivity contribution in [1.82, 2.24) is 9.78 Å². The van der Waals surface area contributed by atoms with Crippen LogP contribution in [0.3, 0.4) is 0 Å². The summed E-state index contributed by atoms with van der Waals surface area (Å²) in [6.07, 6.45) is 2.04. The monoisotopic (exact) mass is 201 g/mol. The molecule has 1 aromatic heterocycles. The largest absolute Gasteiger partial charge is 0.321 e. The van der Waals surface area contributed by atoms with E-state index in [0.717, 1.165) is 0 Å². The van der Waals surface area contributed by atoms with Crippen LogP contribution >= 0.6 is 11.6 Å². The summed E-state index contributed by atoms with van der Waals surface area (Å²) >= 11 is 5.78. The quantitative estimate of drug-likeness (QED) is 0.742. The van der Waals surface area contributed by atoms with Gasteiger partial charge in [-0.3, -0.25) is 9.48 Å². The van der Waals surface area contributed by atoms with Crippen LogP contribution in [-0.2, 0) is 7.05 Å². The molecule has 0 saturated carbocycles. The second kappa shape index (κ2) is 3.89. The lowest BCUT2D eigenvalue weighted by atomic mass is 10.1. The minimum atomic E-state index is -0.493. The molecule has 1 unspecified atom stereocenters. The average Bonchev–Trinajstić information content (AvgIpc) is 2.44. The van der Waals surface area contributed by atoms with Crippen molar-refractivity contribution in [3.05, 3.63) is 16.9 Å². The number of aryl methyl sites for hydroxylation is 1. The van der Waals surface area contributed by atoms with E-state index in [1.165, 1.54) is 10.9 Å². The molecule has 0 amide bonds. The zero-order valence-electron chi connectivity index (χ0n) is 7.62. The summed E-state index contributed by atoms with van der Waals surface area (Å²) < 4.78 is 1.44. The molecule has 1 atom stereocenters. The third-order valence-electron chi connectivity index (χ3n) is 1.90. The van der Waals surface area contributed by atoms with Gasteiger partial charge in [0, 0.05) is 7.05 Å². The Labute approximate surface area is 81.7 Å². The number of aromatic nitrogens is 2. The standard InChI is InChI=1S/C8H12ClN3O/c1-3-6(10)8(13)7-5(9)4-11-12(7)2/h4,6H,3,10H2,1-2H3. The zero-order chi connectivity index (χ0) is 10.0. The summed E-state index contributed by atoms with van der Waals surface area (Å²) in [7, 11) is 1.67. The molecule has 1 rings (SSSR count). The van der Waals surface area contributed by atoms with Gasteiger partial charge >= 0.3 is 0 Å². The molecule has 1 heterocycles. The third kappa shape index (κ3) is 1.89. The number of Topliss-reactive ketones (excluding diaryl/α,β-unsaturated/α-hetero) is 1. The Kier molecular flexibility index (Phi) is 3.06. The summed E-state index contributed by atoms with van der Waals surface area (Å²) in [6.45, 7) is 1.85. The van der Waals surface area contributed by atoms with Gasteiger partial charge in [0.25, 0.3) is 0 Å². The van der Waals surface area contributed by atoms with Gasteiger partial charge in [0.2, 0.25) is 0 Å². The van der Waals surface area contributed by atoms with Crippen molar-refractivity contribution in [2.45, 2.75) is 19.4 Å². The number of hydrogen-bond donors (Lipinski definition) is 1. The summed E-state index contributed by atoms with van der Waals surface area (Å²) in [6, 6.07) is -0.493. The molecule has 0 radical (unpaired) electrons. The van der Waals surface area contributed by atoms with Crippen LogP contribution in [0.5, 0.6) is 0 Å². The lowest BCUT2D eigenvalue weighted by molar-refractivity contribution is 0.0950. The molecular formula is C8H12ClN3O. The Morgan fingerprint density at radius 3 is 2.85 bits per heavy atom. The van der Waals surface area contributed by atoms with Crippen LogP contribution in [-0.4, -0.2) is 21.6 Å². The molecule has 0 saturated heterocycles. The van der Waals surface area contributed by atoms with E-state index in [2.05, 4.69) is 5.10 Å². The first-order valence-electron chi connectivity index (χ1n) is 4.05. The lowest BCUT2D eigenvalue weighted by Crippen LogP contribution is -2.31. The molecule has 13 heavy (non-hydrogen) atoms. The van der Waals surface area contributed by atoms with E-state index in [4.69, 9.17) is 17.3 Å². The number of carbonyl (C=O) groups excluding carboxylic acids is 1. The Bertz CT molecular complexity index is 302. The van der Waals surface area contributed by atoms with Crippen LogP contribution in [0.4, 0.5) is 0 Å². The fourth-order valence-electron chi connectivity index (χ4n) is 1.05. The van der Waals surface area contributed by atoms with Crippen LogP contribution in [0.15, 0.2) is 6.20 Å². The maximum atomic E-state index is 11.6. The van der Waals surface area contributed by atoms with Crippen molar-refractivity contribution in [1.29, 1.82) is 0 Å². The summed E-state index contributed by atoms with van der Waals surface area (Å²) in [5.74, 6) is -0.160. The first-order chi connectivity index (χ1) is 6.07. The van der Waals surface area contributed by atoms with Gasteiger partial charge in [0.05, 0.1) is 17.3 Å². The van der Waals surface area contributed by atoms with Gasteiger partial charge in [-0.05, 0) is 6.42 Å². The normalized spacial score (nSPS) is 12.9. The fourth-order valence-corrected chi connectivity index (χ4v) is 1.31. The van der Waals surface area contributed by atoms with Crippen LogP contribution in [0.1, 0.15) is 23.8 Å². The van der Waals surface area contributed by atoms with Gasteiger partial charge in [-0.2, -0.15) is 5.10 Å². The molecule has 0 spiro atoms. The van der Waals surface area contributed by atoms with Crippen LogP contribution in [0.25, 0.3) is 0 Å². The molecule has 0 aliphatic rings. The summed E-state index contributed by atoms with van der Waals surface area (Å²) in [4.78, 5) is 11.6. The molecule has 1 aromatic rings. The Morgan fingerprint density at radius 1 is 1.85 bits per heavy atom. The molecule has 72 valence electrons. The maximum absolute atomic E-state index is 11.6. The van der Waals surface area contributed by atoms with E-state index in [1.807, 2.05) is 6.92 Å². The molecule has 0 aromatic carbocycles. The van der Waals surface area contributed by atoms with E-state index in [0.29, 0.717) is 17.1 Å². The van der Waals surface area contributed by atoms with E-state index in [9.17, 15) is 4.79 Å². The second-order valence-corrected chi connectivity index (χ2v) is 3.25. The van der Waals surface area contributed by atoms with Crippen molar-refractivity contribution in [3.8, 4) is 0 Å². The summed E-state index contributed by atoms with van der Waals surface area (Å²) in [5, 5.41) is 4.22. The highest BCUT2D eigenvalue weighted by molar-refractivity contribution is 6.33. The number of halogens is 1. The third-order valence-corrected chi connectivity index (χ3v) is 2.18. The van der Waals surface area contributed by atoms with Crippen molar-refractivity contribution in [2.75, 3.05) is 0 Å². The first-order valence-corrected chi connectivity index (χ1v) is 4.43. The molecular weight excluding hydrogens is 190 g/mol. The Morgan fingerprint density at radius 2 is 2.46 bits per heavy atom. The molecule has 2 N–H and O–H groups in total. The van der Waals surface area contributed by atoms with Gasteiger partial charge in [-0.25, -0.2) is 0 Å². The Hall–Kier alpha value is -0.870. The maximum Gasteiger partial charge on any atom is 0.198 e. The van der Waals surface area contributed by atoms with Crippen molar-refractivity contribution < 1.29 is 4.79 Å². The predicted molar refractivity (Wildman–Crippen MR) is 50.8 cm³/mol. The van der Waals surface area contributed by atoms with Crippen LogP contribution in [0, 0.1) is 0 Å². The molecule has 0 bridgehead atoms. The van der Waals surface area contributed by atoms with E-state index in [1.54, 1.807) is 7.05 Å². The van der Waals surface area contributed by atoms with Crippen molar-refractivity contribution in [3.63, 3.8) is 0 Å². The average molecular weight is 202 g/mol. The highest BCUT2D eigenvalue weighted by atomic mass is 35.5. The van der Waals surface area contributed by atoms with E-state index in [-0.39, 0.29) is 5.78 Å². The van der Waals surface area contributed by atoms with Crippen LogP contribution < -0.4 is 5.73 Å². The van der Waals surface area contributed by atoms with E-state index >= 15 is 0 Å². The smallest absolute Gasteiger partial charge is 0.198 e. The highest BCUT2D eigenvalue weighted by Crippen LogP contribution is 2.15. The molecule has 0 aliphatic carbocycles. The Balaban J connectivity index is 3.01. The number of nitrogens with zero attached hydrogens (tertiary/aromatic N) is 2. The topological polar surface area (TPSA) is 60.9 Å². The minimum Gasteiger partial charge on any atom is -0.321 e. The first kappa shape index (κ1) is 10.2. The SMILES string of the molecule is CCC(N)C(=O)c1c(Cl)cnn1C. The van der Waals surface area contributed by atoms with Gasteiger partial charge in [0.15, 0.2) is 5.78 Å². The molecule has 0 fully saturated rings. The highest BCUT2D eigenvalue weighted by Gasteiger charge is 2.20. The van der Waals surface area contributed by atoms with Gasteiger partial charge in [-0.15, -0.1) is 0 Å². The second-order valence-electron chi connectivity index (χ2n) is 2.84. The summed E-state index contributed by atoms with van der Waals surface area (Å²) in [5.41, 5.74) is 5.98. The number of nitrogens with two attached hydrogens (primary N) is 1. The van der Waals surface area contributed by atoms with Crippen molar-refractivity contribution in [2.24, 2.45) is 12.8 Å². The molecule has 0 aliphatic heterocycles. The zero-order valence-corrected chi connectivity index (χ0v) is 8.38. The molecule has 5 heteroatoms. The predicted octanol–water partition coefficient (Wildman–Crippen LogP) is 0.994.